The number of esters is 1. The molecule has 0 aliphatic heterocycles. The number of benzene rings is 1. The summed E-state index contributed by atoms with van der Waals surface area (Å²) in [5, 5.41) is 17.9. The summed E-state index contributed by atoms with van der Waals surface area (Å²) in [6.07, 6.45) is -1.11. The lowest BCUT2D eigenvalue weighted by Gasteiger charge is -2.24. The second-order valence-electron chi connectivity index (χ2n) is 3.84. The van der Waals surface area contributed by atoms with Crippen LogP contribution in [0, 0.1) is 0 Å². The number of aliphatic hydroxyl groups excluding tert-OH is 1. The molecule has 1 rings (SSSR count). The Balaban J connectivity index is 2.78. The smallest absolute Gasteiger partial charge is 0.418 e. The van der Waals surface area contributed by atoms with Crippen LogP contribution in [0.3, 0.4) is 0 Å². The van der Waals surface area contributed by atoms with Gasteiger partial charge < -0.3 is 14.9 Å². The van der Waals surface area contributed by atoms with Crippen molar-refractivity contribution in [3.63, 3.8) is 0 Å². The summed E-state index contributed by atoms with van der Waals surface area (Å²) < 4.78 is 4.60. The van der Waals surface area contributed by atoms with E-state index in [1.54, 1.807) is 18.2 Å². The van der Waals surface area contributed by atoms with Gasteiger partial charge in [0.15, 0.2) is 6.04 Å². The minimum Gasteiger partial charge on any atom is -0.480 e. The lowest BCUT2D eigenvalue weighted by molar-refractivity contribution is -0.144. The van der Waals surface area contributed by atoms with Crippen LogP contribution in [0.25, 0.3) is 0 Å². The predicted octanol–water partition coefficient (Wildman–Crippen LogP) is 0.731. The number of rotatable bonds is 5. The average Bonchev–Trinajstić information content (AvgIpc) is 2.44. The van der Waals surface area contributed by atoms with Gasteiger partial charge in [-0.05, 0) is 19.1 Å². The maximum Gasteiger partial charge on any atom is 0.418 e. The first-order chi connectivity index (χ1) is 9.51. The zero-order chi connectivity index (χ0) is 15.1. The highest BCUT2D eigenvalue weighted by molar-refractivity contribution is 5.97. The molecule has 0 aliphatic carbocycles. The number of carboxylic acid groups (broad SMARTS) is 1. The van der Waals surface area contributed by atoms with Crippen LogP contribution in [0.5, 0.6) is 0 Å². The molecular weight excluding hydrogens is 266 g/mol. The monoisotopic (exact) mass is 281 g/mol. The molecule has 7 heteroatoms. The molecule has 0 saturated heterocycles. The van der Waals surface area contributed by atoms with Gasteiger partial charge in [0.1, 0.15) is 0 Å². The van der Waals surface area contributed by atoms with Crippen LogP contribution < -0.4 is 0 Å². The first kappa shape index (κ1) is 15.6. The van der Waals surface area contributed by atoms with Crippen LogP contribution in [0.2, 0.25) is 0 Å². The molecule has 7 nitrogen and oxygen atoms in total. The molecule has 0 saturated carbocycles. The molecule has 0 heterocycles. The Bertz CT molecular complexity index is 487. The highest BCUT2D eigenvalue weighted by atomic mass is 16.6. The second-order valence-corrected chi connectivity index (χ2v) is 3.84. The van der Waals surface area contributed by atoms with Crippen molar-refractivity contribution in [2.24, 2.45) is 0 Å². The molecule has 2 N–H and O–H groups in total. The summed E-state index contributed by atoms with van der Waals surface area (Å²) in [6.45, 7) is 0.732. The fourth-order valence-corrected chi connectivity index (χ4v) is 1.56. The molecule has 0 unspecified atom stereocenters. The molecule has 1 amide bonds. The van der Waals surface area contributed by atoms with Crippen LogP contribution in [0.1, 0.15) is 17.3 Å². The molecule has 1 aromatic carbocycles. The van der Waals surface area contributed by atoms with E-state index in [9.17, 15) is 14.4 Å². The first-order valence-corrected chi connectivity index (χ1v) is 5.92. The van der Waals surface area contributed by atoms with Crippen LogP contribution in [0.15, 0.2) is 30.3 Å². The van der Waals surface area contributed by atoms with Gasteiger partial charge in [-0.3, -0.25) is 4.90 Å². The van der Waals surface area contributed by atoms with E-state index in [1.165, 1.54) is 19.1 Å². The Hall–Kier alpha value is -2.41. The van der Waals surface area contributed by atoms with E-state index in [1.807, 2.05) is 0 Å². The Morgan fingerprint density at radius 2 is 1.85 bits per heavy atom. The molecule has 0 bridgehead atoms. The molecule has 1 aromatic rings. The topological polar surface area (TPSA) is 104 Å². The SMILES string of the molecule is CCN(C(=O)OC(=O)c1ccccc1)[C@H](CO)C(=O)O. The third-order valence-corrected chi connectivity index (χ3v) is 2.60. The fraction of sp³-hybridized carbons (Fsp3) is 0.308. The van der Waals surface area contributed by atoms with Crippen molar-refractivity contribution in [3.05, 3.63) is 35.9 Å². The zero-order valence-electron chi connectivity index (χ0n) is 10.9. The minimum atomic E-state index is -1.45. The van der Waals surface area contributed by atoms with Gasteiger partial charge in [0, 0.05) is 6.54 Å². The maximum atomic E-state index is 11.8. The largest absolute Gasteiger partial charge is 0.480 e. The van der Waals surface area contributed by atoms with Crippen LogP contribution >= 0.6 is 0 Å². The van der Waals surface area contributed by atoms with E-state index >= 15 is 0 Å². The van der Waals surface area contributed by atoms with E-state index in [2.05, 4.69) is 4.74 Å². The summed E-state index contributed by atoms with van der Waals surface area (Å²) in [4.78, 5) is 35.1. The highest BCUT2D eigenvalue weighted by Crippen LogP contribution is 2.07. The molecule has 20 heavy (non-hydrogen) atoms. The summed E-state index contributed by atoms with van der Waals surface area (Å²) in [6, 6.07) is 6.39. The van der Waals surface area contributed by atoms with E-state index in [-0.39, 0.29) is 12.1 Å². The minimum absolute atomic E-state index is 0.0154. The zero-order valence-corrected chi connectivity index (χ0v) is 10.9. The third kappa shape index (κ3) is 3.79. The summed E-state index contributed by atoms with van der Waals surface area (Å²) >= 11 is 0. The van der Waals surface area contributed by atoms with Gasteiger partial charge in [-0.1, -0.05) is 18.2 Å². The molecule has 0 fully saturated rings. The number of carbonyl (C=O) groups is 3. The predicted molar refractivity (Wildman–Crippen MR) is 68.1 cm³/mol. The molecule has 0 spiro atoms. The van der Waals surface area contributed by atoms with E-state index in [4.69, 9.17) is 10.2 Å². The van der Waals surface area contributed by atoms with Crippen LogP contribution in [0.4, 0.5) is 4.79 Å². The van der Waals surface area contributed by atoms with Crippen molar-refractivity contribution in [2.45, 2.75) is 13.0 Å². The normalized spacial score (nSPS) is 11.5. The molecule has 108 valence electrons. The van der Waals surface area contributed by atoms with Crippen molar-refractivity contribution in [3.8, 4) is 0 Å². The standard InChI is InChI=1S/C13H15NO6/c1-2-14(10(8-15)11(16)17)13(19)20-12(18)9-6-4-3-5-7-9/h3-7,10,15H,2,8H2,1H3,(H,16,17)/t10-/m1/s1. The van der Waals surface area contributed by atoms with Crippen molar-refractivity contribution < 1.29 is 29.3 Å². The molecular formula is C13H15NO6. The number of carboxylic acids is 1. The number of carbonyl (C=O) groups excluding carboxylic acids is 2. The van der Waals surface area contributed by atoms with Gasteiger partial charge in [-0.2, -0.15) is 0 Å². The molecule has 1 atom stereocenters. The average molecular weight is 281 g/mol. The summed E-state index contributed by atoms with van der Waals surface area (Å²) in [5.74, 6) is -2.26. The first-order valence-electron chi connectivity index (χ1n) is 5.92. The number of aliphatic hydroxyl groups is 1. The number of hydrogen-bond acceptors (Lipinski definition) is 5. The molecule has 0 aliphatic rings. The quantitative estimate of drug-likeness (QED) is 0.609. The number of ether oxygens (including phenoxy) is 1. The van der Waals surface area contributed by atoms with Gasteiger partial charge in [0.05, 0.1) is 12.2 Å². The number of nitrogens with zero attached hydrogens (tertiary/aromatic N) is 1. The van der Waals surface area contributed by atoms with Gasteiger partial charge in [0.2, 0.25) is 0 Å². The molecule has 0 aromatic heterocycles. The van der Waals surface area contributed by atoms with Gasteiger partial charge in [-0.25, -0.2) is 14.4 Å². The van der Waals surface area contributed by atoms with Crippen LogP contribution in [-0.2, 0) is 9.53 Å². The van der Waals surface area contributed by atoms with E-state index in [0.717, 1.165) is 4.90 Å². The molecule has 0 radical (unpaired) electrons. The Morgan fingerprint density at radius 1 is 1.25 bits per heavy atom. The van der Waals surface area contributed by atoms with Gasteiger partial charge in [-0.15, -0.1) is 0 Å². The lowest BCUT2D eigenvalue weighted by Crippen LogP contribution is -2.47. The van der Waals surface area contributed by atoms with Crippen LogP contribution in [-0.4, -0.2) is 52.3 Å². The summed E-state index contributed by atoms with van der Waals surface area (Å²) in [5.41, 5.74) is 0.174. The van der Waals surface area contributed by atoms with Crippen molar-refractivity contribution in [1.29, 1.82) is 0 Å². The Kier molecular flexibility index (Phi) is 5.67. The number of hydrogen-bond donors (Lipinski definition) is 2. The second kappa shape index (κ2) is 7.25. The third-order valence-electron chi connectivity index (χ3n) is 2.60. The van der Waals surface area contributed by atoms with Crippen molar-refractivity contribution >= 4 is 18.0 Å². The Morgan fingerprint density at radius 3 is 2.30 bits per heavy atom. The lowest BCUT2D eigenvalue weighted by atomic mass is 10.2. The van der Waals surface area contributed by atoms with E-state index in [0.29, 0.717) is 0 Å². The highest BCUT2D eigenvalue weighted by Gasteiger charge is 2.30. The Labute approximate surface area is 115 Å². The van der Waals surface area contributed by atoms with Gasteiger partial charge >= 0.3 is 18.0 Å². The fourth-order valence-electron chi connectivity index (χ4n) is 1.56. The summed E-state index contributed by atoms with van der Waals surface area (Å²) in [7, 11) is 0. The maximum absolute atomic E-state index is 11.8. The van der Waals surface area contributed by atoms with Crippen molar-refractivity contribution in [1.82, 2.24) is 4.90 Å². The number of amides is 1. The number of aliphatic carboxylic acids is 1. The number of likely N-dealkylation sites (N-methyl/N-ethyl adjacent to an activating group) is 1. The van der Waals surface area contributed by atoms with E-state index < -0.39 is 30.7 Å². The van der Waals surface area contributed by atoms with Crippen molar-refractivity contribution in [2.75, 3.05) is 13.2 Å². The van der Waals surface area contributed by atoms with Gasteiger partial charge in [0.25, 0.3) is 0 Å².